The molecular weight excluding hydrogens is 355 g/mol. The largest absolute Gasteiger partial charge is 0.416 e. The molecule has 5 nitrogen and oxygen atoms in total. The van der Waals surface area contributed by atoms with E-state index in [1.807, 2.05) is 35.9 Å². The van der Waals surface area contributed by atoms with Gasteiger partial charge in [0.05, 0.1) is 23.1 Å². The van der Waals surface area contributed by atoms with Crippen molar-refractivity contribution in [2.24, 2.45) is 12.0 Å². The summed E-state index contributed by atoms with van der Waals surface area (Å²) in [6.45, 7) is 0.666. The number of rotatable bonds is 4. The van der Waals surface area contributed by atoms with Crippen LogP contribution in [0.4, 0.5) is 13.2 Å². The van der Waals surface area contributed by atoms with Gasteiger partial charge < -0.3 is 15.2 Å². The Bertz CT molecular complexity index is 959. The van der Waals surface area contributed by atoms with Gasteiger partial charge in [-0.3, -0.25) is 4.99 Å². The molecule has 0 bridgehead atoms. The van der Waals surface area contributed by atoms with Crippen molar-refractivity contribution in [2.75, 3.05) is 7.05 Å². The smallest absolute Gasteiger partial charge is 0.352 e. The molecule has 0 aliphatic heterocycles. The maximum absolute atomic E-state index is 12.8. The van der Waals surface area contributed by atoms with Gasteiger partial charge in [0.15, 0.2) is 5.96 Å². The Labute approximate surface area is 154 Å². The average molecular weight is 375 g/mol. The molecule has 0 aliphatic carbocycles. The monoisotopic (exact) mass is 375 g/mol. The summed E-state index contributed by atoms with van der Waals surface area (Å²) < 4.78 is 40.4. The maximum atomic E-state index is 12.8. The molecule has 0 fully saturated rings. The topological polar surface area (TPSA) is 54.2 Å². The highest BCUT2D eigenvalue weighted by molar-refractivity contribution is 5.80. The van der Waals surface area contributed by atoms with Crippen LogP contribution in [0.5, 0.6) is 0 Å². The maximum Gasteiger partial charge on any atom is 0.416 e. The first-order chi connectivity index (χ1) is 12.9. The fourth-order valence-corrected chi connectivity index (χ4v) is 2.78. The number of aliphatic imine (C=N–C) groups is 1. The number of nitrogens with zero attached hydrogens (tertiary/aromatic N) is 3. The van der Waals surface area contributed by atoms with Gasteiger partial charge in [0, 0.05) is 20.6 Å². The number of imidazole rings is 1. The summed E-state index contributed by atoms with van der Waals surface area (Å²) in [5, 5.41) is 6.16. The standard InChI is InChI=1S/C19H20F3N5/c1-23-18(24-11-13-6-5-7-14(10-13)19(20,21)22)25-12-17-26-15-8-3-4-9-16(15)27(17)2/h3-10H,11-12H2,1-2H3,(H2,23,24,25). The molecule has 0 unspecified atom stereocenters. The van der Waals surface area contributed by atoms with Gasteiger partial charge >= 0.3 is 6.18 Å². The van der Waals surface area contributed by atoms with Crippen molar-refractivity contribution >= 4 is 17.0 Å². The van der Waals surface area contributed by atoms with Crippen LogP contribution in [0.1, 0.15) is 17.0 Å². The average Bonchev–Trinajstić information content (AvgIpc) is 2.98. The van der Waals surface area contributed by atoms with E-state index in [2.05, 4.69) is 20.6 Å². The molecule has 1 aromatic heterocycles. The highest BCUT2D eigenvalue weighted by atomic mass is 19.4. The van der Waals surface area contributed by atoms with Crippen molar-refractivity contribution in [1.29, 1.82) is 0 Å². The first-order valence-corrected chi connectivity index (χ1v) is 8.39. The van der Waals surface area contributed by atoms with Crippen LogP contribution < -0.4 is 10.6 Å². The number of halogens is 3. The molecule has 0 aliphatic rings. The summed E-state index contributed by atoms with van der Waals surface area (Å²) in [5.74, 6) is 1.32. The quantitative estimate of drug-likeness (QED) is 0.542. The molecule has 0 saturated carbocycles. The Morgan fingerprint density at radius 1 is 1.07 bits per heavy atom. The minimum absolute atomic E-state index is 0.228. The number of nitrogens with one attached hydrogen (secondary N) is 2. The number of aromatic nitrogens is 2. The molecule has 2 N–H and O–H groups in total. The number of benzene rings is 2. The molecule has 3 aromatic rings. The van der Waals surface area contributed by atoms with E-state index < -0.39 is 11.7 Å². The Morgan fingerprint density at radius 3 is 2.52 bits per heavy atom. The molecular formula is C19H20F3N5. The van der Waals surface area contributed by atoms with E-state index in [9.17, 15) is 13.2 Å². The third kappa shape index (κ3) is 4.39. The second kappa shape index (κ2) is 7.69. The fraction of sp³-hybridized carbons (Fsp3) is 0.263. The SMILES string of the molecule is CN=C(NCc1cccc(C(F)(F)F)c1)NCc1nc2ccccc2n1C. The molecule has 0 saturated heterocycles. The number of fused-ring (bicyclic) bond motifs is 1. The molecule has 142 valence electrons. The molecule has 27 heavy (non-hydrogen) atoms. The van der Waals surface area contributed by atoms with E-state index in [0.29, 0.717) is 18.1 Å². The molecule has 0 spiro atoms. The lowest BCUT2D eigenvalue weighted by Crippen LogP contribution is -2.36. The molecule has 0 radical (unpaired) electrons. The van der Waals surface area contributed by atoms with Crippen LogP contribution in [0.3, 0.4) is 0 Å². The van der Waals surface area contributed by atoms with Crippen LogP contribution in [-0.2, 0) is 26.3 Å². The van der Waals surface area contributed by atoms with E-state index in [4.69, 9.17) is 0 Å². The molecule has 8 heteroatoms. The second-order valence-electron chi connectivity index (χ2n) is 6.05. The summed E-state index contributed by atoms with van der Waals surface area (Å²) >= 11 is 0. The Hall–Kier alpha value is -3.03. The van der Waals surface area contributed by atoms with Gasteiger partial charge in [0.25, 0.3) is 0 Å². The van der Waals surface area contributed by atoms with Crippen LogP contribution in [0.2, 0.25) is 0 Å². The number of hydrogen-bond acceptors (Lipinski definition) is 2. The Kier molecular flexibility index (Phi) is 5.34. The van der Waals surface area contributed by atoms with Crippen molar-refractivity contribution in [3.8, 4) is 0 Å². The third-order valence-corrected chi connectivity index (χ3v) is 4.23. The summed E-state index contributed by atoms with van der Waals surface area (Å²) in [4.78, 5) is 8.68. The zero-order chi connectivity index (χ0) is 19.4. The lowest BCUT2D eigenvalue weighted by Gasteiger charge is -2.13. The molecule has 0 amide bonds. The van der Waals surface area contributed by atoms with Gasteiger partial charge in [-0.1, -0.05) is 24.3 Å². The minimum atomic E-state index is -4.35. The zero-order valence-corrected chi connectivity index (χ0v) is 15.0. The normalized spacial score (nSPS) is 12.4. The lowest BCUT2D eigenvalue weighted by molar-refractivity contribution is -0.137. The number of alkyl halides is 3. The zero-order valence-electron chi connectivity index (χ0n) is 15.0. The van der Waals surface area contributed by atoms with Gasteiger partial charge in [-0.2, -0.15) is 13.2 Å². The molecule has 0 atom stereocenters. The summed E-state index contributed by atoms with van der Waals surface area (Å²) in [6, 6.07) is 13.1. The Balaban J connectivity index is 1.62. The number of aryl methyl sites for hydroxylation is 1. The van der Waals surface area contributed by atoms with Gasteiger partial charge in [0.2, 0.25) is 0 Å². The summed E-state index contributed by atoms with van der Waals surface area (Å²) in [5.41, 5.74) is 1.80. The van der Waals surface area contributed by atoms with Crippen LogP contribution in [-0.4, -0.2) is 22.6 Å². The summed E-state index contributed by atoms with van der Waals surface area (Å²) in [7, 11) is 3.54. The Morgan fingerprint density at radius 2 is 1.81 bits per heavy atom. The number of hydrogen-bond donors (Lipinski definition) is 2. The van der Waals surface area contributed by atoms with Gasteiger partial charge in [-0.05, 0) is 29.8 Å². The predicted octanol–water partition coefficient (Wildman–Crippen LogP) is 3.46. The molecule has 2 aromatic carbocycles. The van der Waals surface area contributed by atoms with E-state index in [1.54, 1.807) is 13.1 Å². The van der Waals surface area contributed by atoms with E-state index in [-0.39, 0.29) is 6.54 Å². The van der Waals surface area contributed by atoms with Crippen molar-refractivity contribution < 1.29 is 13.2 Å². The van der Waals surface area contributed by atoms with Crippen molar-refractivity contribution in [3.63, 3.8) is 0 Å². The second-order valence-corrected chi connectivity index (χ2v) is 6.05. The van der Waals surface area contributed by atoms with Gasteiger partial charge in [-0.15, -0.1) is 0 Å². The minimum Gasteiger partial charge on any atom is -0.352 e. The van der Waals surface area contributed by atoms with Crippen molar-refractivity contribution in [2.45, 2.75) is 19.3 Å². The van der Waals surface area contributed by atoms with Crippen LogP contribution in [0.25, 0.3) is 11.0 Å². The van der Waals surface area contributed by atoms with Gasteiger partial charge in [0.1, 0.15) is 5.82 Å². The van der Waals surface area contributed by atoms with Crippen molar-refractivity contribution in [1.82, 2.24) is 20.2 Å². The first-order valence-electron chi connectivity index (χ1n) is 8.39. The highest BCUT2D eigenvalue weighted by Crippen LogP contribution is 2.29. The first kappa shape index (κ1) is 18.8. The predicted molar refractivity (Wildman–Crippen MR) is 99.2 cm³/mol. The fourth-order valence-electron chi connectivity index (χ4n) is 2.78. The van der Waals surface area contributed by atoms with Crippen LogP contribution in [0.15, 0.2) is 53.5 Å². The number of para-hydroxylation sites is 2. The highest BCUT2D eigenvalue weighted by Gasteiger charge is 2.30. The van der Waals surface area contributed by atoms with Crippen LogP contribution in [0, 0.1) is 0 Å². The van der Waals surface area contributed by atoms with Crippen molar-refractivity contribution in [3.05, 3.63) is 65.5 Å². The molecule has 1 heterocycles. The lowest BCUT2D eigenvalue weighted by atomic mass is 10.1. The molecule has 3 rings (SSSR count). The van der Waals surface area contributed by atoms with E-state index in [1.165, 1.54) is 6.07 Å². The van der Waals surface area contributed by atoms with Crippen LogP contribution >= 0.6 is 0 Å². The number of guanidine groups is 1. The van der Waals surface area contributed by atoms with E-state index in [0.717, 1.165) is 29.0 Å². The summed E-state index contributed by atoms with van der Waals surface area (Å²) in [6.07, 6.45) is -4.35. The third-order valence-electron chi connectivity index (χ3n) is 4.23. The van der Waals surface area contributed by atoms with Gasteiger partial charge in [-0.25, -0.2) is 4.98 Å². The van der Waals surface area contributed by atoms with E-state index >= 15 is 0 Å².